The fourth-order valence-electron chi connectivity index (χ4n) is 11.8. The second kappa shape index (κ2) is 15.1. The zero-order valence-corrected chi connectivity index (χ0v) is 38.8. The van der Waals surface area contributed by atoms with Crippen molar-refractivity contribution in [2.24, 2.45) is 0 Å². The van der Waals surface area contributed by atoms with Gasteiger partial charge in [-0.25, -0.2) is 4.57 Å². The molecular weight excluding hydrogens is 757 g/mol. The van der Waals surface area contributed by atoms with Crippen LogP contribution in [0.2, 0.25) is 0 Å². The van der Waals surface area contributed by atoms with Gasteiger partial charge in [-0.15, -0.1) is 0 Å². The Balaban J connectivity index is 1.26. The molecule has 0 N–H and O–H groups in total. The lowest BCUT2D eigenvalue weighted by molar-refractivity contribution is -0.754. The van der Waals surface area contributed by atoms with Gasteiger partial charge in [0.05, 0.1) is 22.6 Å². The predicted octanol–water partition coefficient (Wildman–Crippen LogP) is 15.2. The minimum atomic E-state index is -0.306. The molecule has 3 aliphatic rings. The van der Waals surface area contributed by atoms with Gasteiger partial charge in [0.15, 0.2) is 0 Å². The molecule has 2 unspecified atom stereocenters. The molecule has 0 radical (unpaired) electrons. The standard InChI is InChI=1S/C57H65N4O/c1-11-14-15-22-37(6)42-27-20-26-41(36(4)5)52(42)59-31-32-60-55(59)45-25-17-16-23-43(45)40(35-57(60,12-2)13-3)33-39-34-46-44-24-18-19-30-49(44)62-54(46)50-51(39)61-38(7)58(10)48-29-21-28-47(53(48)61)56(50,8)9/h16-21,23-34,36-38H,11-15,22,35H2,1-10H3/q+1. The first kappa shape index (κ1) is 40.5. The van der Waals surface area contributed by atoms with Crippen molar-refractivity contribution in [1.82, 2.24) is 4.57 Å². The van der Waals surface area contributed by atoms with Crippen LogP contribution in [0.1, 0.15) is 152 Å². The number of anilines is 3. The maximum Gasteiger partial charge on any atom is 0.295 e. The minimum absolute atomic E-state index is 0.131. The summed E-state index contributed by atoms with van der Waals surface area (Å²) in [5.41, 5.74) is 17.5. The molecule has 2 aromatic heterocycles. The summed E-state index contributed by atoms with van der Waals surface area (Å²) < 4.78 is 12.2. The molecule has 0 aliphatic carbocycles. The number of para-hydroxylation sites is 3. The molecule has 5 nitrogen and oxygen atoms in total. The van der Waals surface area contributed by atoms with E-state index >= 15 is 0 Å². The molecule has 3 aliphatic heterocycles. The highest BCUT2D eigenvalue weighted by molar-refractivity contribution is 6.12. The molecule has 0 fully saturated rings. The van der Waals surface area contributed by atoms with E-state index in [1.165, 1.54) is 110 Å². The quantitative estimate of drug-likeness (QED) is 0.102. The van der Waals surface area contributed by atoms with Gasteiger partial charge < -0.3 is 14.2 Å². The Hall–Kier alpha value is -5.55. The second-order valence-electron chi connectivity index (χ2n) is 19.6. The largest absolute Gasteiger partial charge is 0.456 e. The Morgan fingerprint density at radius 2 is 1.53 bits per heavy atom. The zero-order valence-electron chi connectivity index (χ0n) is 38.8. The van der Waals surface area contributed by atoms with Crippen LogP contribution in [0.5, 0.6) is 0 Å². The average molecular weight is 822 g/mol. The van der Waals surface area contributed by atoms with E-state index in [1.54, 1.807) is 0 Å². The molecule has 0 saturated carbocycles. The van der Waals surface area contributed by atoms with E-state index in [0.29, 0.717) is 11.8 Å². The number of fused-ring (bicyclic) bond motifs is 9. The first-order valence-electron chi connectivity index (χ1n) is 23.7. The molecule has 318 valence electrons. The molecule has 5 aromatic carbocycles. The van der Waals surface area contributed by atoms with Crippen molar-refractivity contribution in [2.75, 3.05) is 16.8 Å². The van der Waals surface area contributed by atoms with Gasteiger partial charge in [-0.1, -0.05) is 141 Å². The predicted molar refractivity (Wildman–Crippen MR) is 261 cm³/mol. The van der Waals surface area contributed by atoms with Crippen LogP contribution in [0.4, 0.5) is 17.1 Å². The van der Waals surface area contributed by atoms with Crippen LogP contribution >= 0.6 is 0 Å². The highest BCUT2D eigenvalue weighted by Crippen LogP contribution is 2.60. The third-order valence-electron chi connectivity index (χ3n) is 15.5. The van der Waals surface area contributed by atoms with Gasteiger partial charge in [0, 0.05) is 46.3 Å². The zero-order chi connectivity index (χ0) is 43.2. The third-order valence-corrected chi connectivity index (χ3v) is 15.5. The van der Waals surface area contributed by atoms with Gasteiger partial charge in [-0.2, -0.15) is 4.57 Å². The lowest BCUT2D eigenvalue weighted by atomic mass is 9.72. The number of unbranched alkanes of at least 4 members (excludes halogenated alkanes) is 2. The van der Waals surface area contributed by atoms with E-state index in [0.717, 1.165) is 30.4 Å². The van der Waals surface area contributed by atoms with E-state index in [4.69, 9.17) is 4.42 Å². The fraction of sp³-hybridized carbons (Fsp3) is 0.386. The van der Waals surface area contributed by atoms with Crippen LogP contribution in [0.15, 0.2) is 108 Å². The lowest BCUT2D eigenvalue weighted by Gasteiger charge is -2.42. The van der Waals surface area contributed by atoms with Crippen molar-refractivity contribution < 1.29 is 8.98 Å². The third kappa shape index (κ3) is 5.82. The van der Waals surface area contributed by atoms with Gasteiger partial charge in [-0.05, 0) is 90.6 Å². The SMILES string of the molecule is CCCCCC(C)c1cccc(C(C)C)c1-n1cc[n+]2c1-c1ccccc1C(=Cc1cc3c(oc4ccccc43)c3c1N1c4c(cccc4C3(C)C)N(C)C1C)CC2(CC)CC. The summed E-state index contributed by atoms with van der Waals surface area (Å²) in [5, 5.41) is 2.36. The van der Waals surface area contributed by atoms with E-state index in [1.807, 2.05) is 0 Å². The topological polar surface area (TPSA) is 28.4 Å². The lowest BCUT2D eigenvalue weighted by Crippen LogP contribution is -2.55. The van der Waals surface area contributed by atoms with Crippen LogP contribution < -0.4 is 14.4 Å². The Kier molecular flexibility index (Phi) is 9.85. The normalized spacial score (nSPS) is 18.3. The molecule has 7 aromatic rings. The molecule has 0 spiro atoms. The molecule has 10 rings (SSSR count). The summed E-state index contributed by atoms with van der Waals surface area (Å²) in [4.78, 5) is 5.08. The van der Waals surface area contributed by atoms with Gasteiger partial charge in [-0.3, -0.25) is 0 Å². The number of furan rings is 1. The van der Waals surface area contributed by atoms with E-state index in [9.17, 15) is 0 Å². The average Bonchev–Trinajstić information content (AvgIpc) is 3.94. The smallest absolute Gasteiger partial charge is 0.295 e. The Bertz CT molecular complexity index is 2900. The number of imidazole rings is 1. The number of nitrogens with zero attached hydrogens (tertiary/aromatic N) is 4. The van der Waals surface area contributed by atoms with Crippen LogP contribution in [0.3, 0.4) is 0 Å². The van der Waals surface area contributed by atoms with Crippen molar-refractivity contribution in [1.29, 1.82) is 0 Å². The molecule has 2 atom stereocenters. The maximum atomic E-state index is 6.96. The number of allylic oxidation sites excluding steroid dienone is 1. The number of hydrogen-bond acceptors (Lipinski definition) is 3. The highest BCUT2D eigenvalue weighted by atomic mass is 16.3. The fourth-order valence-corrected chi connectivity index (χ4v) is 11.8. The van der Waals surface area contributed by atoms with Crippen molar-refractivity contribution in [3.63, 3.8) is 0 Å². The van der Waals surface area contributed by atoms with Crippen molar-refractivity contribution >= 4 is 50.6 Å². The summed E-state index contributed by atoms with van der Waals surface area (Å²) in [6.45, 7) is 21.5. The van der Waals surface area contributed by atoms with Gasteiger partial charge in [0.2, 0.25) is 0 Å². The number of rotatable bonds is 10. The van der Waals surface area contributed by atoms with E-state index in [-0.39, 0.29) is 17.1 Å². The first-order valence-corrected chi connectivity index (χ1v) is 23.7. The molecule has 62 heavy (non-hydrogen) atoms. The van der Waals surface area contributed by atoms with Crippen molar-refractivity contribution in [3.8, 4) is 17.1 Å². The molecule has 5 heteroatoms. The van der Waals surface area contributed by atoms with E-state index < -0.39 is 0 Å². The Morgan fingerprint density at radius 3 is 2.29 bits per heavy atom. The Morgan fingerprint density at radius 1 is 0.806 bits per heavy atom. The minimum Gasteiger partial charge on any atom is -0.456 e. The van der Waals surface area contributed by atoms with Crippen LogP contribution in [-0.2, 0) is 11.0 Å². The molecule has 5 heterocycles. The summed E-state index contributed by atoms with van der Waals surface area (Å²) >= 11 is 0. The summed E-state index contributed by atoms with van der Waals surface area (Å²) in [6, 6.07) is 34.3. The summed E-state index contributed by atoms with van der Waals surface area (Å²) in [7, 11) is 2.25. The molecule has 0 saturated heterocycles. The highest BCUT2D eigenvalue weighted by Gasteiger charge is 2.48. The van der Waals surface area contributed by atoms with Crippen LogP contribution in [-0.4, -0.2) is 17.8 Å². The number of benzene rings is 5. The monoisotopic (exact) mass is 822 g/mol. The van der Waals surface area contributed by atoms with Crippen LogP contribution in [0.25, 0.3) is 50.7 Å². The van der Waals surface area contributed by atoms with Crippen molar-refractivity contribution in [2.45, 2.75) is 136 Å². The molecule has 0 bridgehead atoms. The van der Waals surface area contributed by atoms with E-state index in [2.05, 4.69) is 198 Å². The van der Waals surface area contributed by atoms with Gasteiger partial charge >= 0.3 is 0 Å². The Labute approximate surface area is 369 Å². The molecule has 0 amide bonds. The van der Waals surface area contributed by atoms with Crippen molar-refractivity contribution in [3.05, 3.63) is 137 Å². The van der Waals surface area contributed by atoms with Gasteiger partial charge in [0.1, 0.15) is 41.0 Å². The molecular formula is C57H65N4O+. The summed E-state index contributed by atoms with van der Waals surface area (Å²) in [6.07, 6.45) is 15.5. The maximum absolute atomic E-state index is 6.96. The van der Waals surface area contributed by atoms with Crippen LogP contribution in [0, 0.1) is 0 Å². The summed E-state index contributed by atoms with van der Waals surface area (Å²) in [5.74, 6) is 2.13. The first-order chi connectivity index (χ1) is 29.9. The second-order valence-corrected chi connectivity index (χ2v) is 19.6. The number of hydrogen-bond donors (Lipinski definition) is 0. The number of aromatic nitrogens is 2. The van der Waals surface area contributed by atoms with Gasteiger partial charge in [0.25, 0.3) is 5.82 Å².